The highest BCUT2D eigenvalue weighted by Crippen LogP contribution is 2.13. The molecule has 2 aromatic rings. The molecule has 84 valence electrons. The standard InChI is InChI=1S/C12H16N4/c1-2-5-14-8-11-9-15-12(16-11)10-3-6-13-7-4-10/h3-4,6-7,9,14H,2,5,8H2,1H3,(H,15,16). The van der Waals surface area contributed by atoms with E-state index < -0.39 is 0 Å². The lowest BCUT2D eigenvalue weighted by molar-refractivity contribution is 0.667. The van der Waals surface area contributed by atoms with Crippen molar-refractivity contribution in [1.29, 1.82) is 0 Å². The third-order valence-electron chi connectivity index (χ3n) is 2.32. The van der Waals surface area contributed by atoms with Gasteiger partial charge in [-0.2, -0.15) is 0 Å². The lowest BCUT2D eigenvalue weighted by Gasteiger charge is -1.99. The highest BCUT2D eigenvalue weighted by Gasteiger charge is 2.02. The molecule has 0 fully saturated rings. The zero-order valence-corrected chi connectivity index (χ0v) is 9.40. The number of nitrogens with zero attached hydrogens (tertiary/aromatic N) is 2. The van der Waals surface area contributed by atoms with Gasteiger partial charge in [-0.05, 0) is 25.1 Å². The first-order valence-electron chi connectivity index (χ1n) is 5.55. The predicted octanol–water partition coefficient (Wildman–Crippen LogP) is 1.97. The van der Waals surface area contributed by atoms with E-state index in [-0.39, 0.29) is 0 Å². The van der Waals surface area contributed by atoms with Crippen molar-refractivity contribution in [3.8, 4) is 11.4 Å². The summed E-state index contributed by atoms with van der Waals surface area (Å²) in [7, 11) is 0. The van der Waals surface area contributed by atoms with Crippen molar-refractivity contribution in [2.75, 3.05) is 6.54 Å². The average Bonchev–Trinajstić information content (AvgIpc) is 2.79. The SMILES string of the molecule is CCCNCc1cnc(-c2ccncc2)[nH]1. The summed E-state index contributed by atoms with van der Waals surface area (Å²) in [4.78, 5) is 11.6. The maximum atomic E-state index is 4.34. The number of nitrogens with one attached hydrogen (secondary N) is 2. The molecular formula is C12H16N4. The first-order chi connectivity index (χ1) is 7.90. The Labute approximate surface area is 95.1 Å². The van der Waals surface area contributed by atoms with E-state index in [0.717, 1.165) is 36.6 Å². The van der Waals surface area contributed by atoms with Crippen molar-refractivity contribution in [2.24, 2.45) is 0 Å². The van der Waals surface area contributed by atoms with Crippen LogP contribution in [0.15, 0.2) is 30.7 Å². The van der Waals surface area contributed by atoms with Crippen molar-refractivity contribution in [3.63, 3.8) is 0 Å². The smallest absolute Gasteiger partial charge is 0.137 e. The summed E-state index contributed by atoms with van der Waals surface area (Å²) in [5.41, 5.74) is 2.18. The highest BCUT2D eigenvalue weighted by atomic mass is 15.0. The zero-order chi connectivity index (χ0) is 11.2. The Bertz CT molecular complexity index is 422. The molecule has 16 heavy (non-hydrogen) atoms. The van der Waals surface area contributed by atoms with Gasteiger partial charge < -0.3 is 10.3 Å². The molecule has 2 aromatic heterocycles. The van der Waals surface area contributed by atoms with Crippen LogP contribution in [0.2, 0.25) is 0 Å². The van der Waals surface area contributed by atoms with Crippen molar-refractivity contribution in [2.45, 2.75) is 19.9 Å². The largest absolute Gasteiger partial charge is 0.341 e. The van der Waals surface area contributed by atoms with Crippen molar-refractivity contribution >= 4 is 0 Å². The van der Waals surface area contributed by atoms with Gasteiger partial charge in [0.25, 0.3) is 0 Å². The first-order valence-corrected chi connectivity index (χ1v) is 5.55. The number of rotatable bonds is 5. The van der Waals surface area contributed by atoms with E-state index in [0.29, 0.717) is 0 Å². The van der Waals surface area contributed by atoms with Crippen LogP contribution in [-0.4, -0.2) is 21.5 Å². The fraction of sp³-hybridized carbons (Fsp3) is 0.333. The van der Waals surface area contributed by atoms with Crippen molar-refractivity contribution in [3.05, 3.63) is 36.4 Å². The molecule has 0 aliphatic rings. The molecule has 0 unspecified atom stereocenters. The Morgan fingerprint density at radius 2 is 2.12 bits per heavy atom. The molecule has 0 radical (unpaired) electrons. The van der Waals surface area contributed by atoms with Crippen LogP contribution in [-0.2, 0) is 6.54 Å². The summed E-state index contributed by atoms with van der Waals surface area (Å²) < 4.78 is 0. The monoisotopic (exact) mass is 216 g/mol. The average molecular weight is 216 g/mol. The van der Waals surface area contributed by atoms with Gasteiger partial charge in [0.1, 0.15) is 5.82 Å². The quantitative estimate of drug-likeness (QED) is 0.751. The number of hydrogen-bond acceptors (Lipinski definition) is 3. The van der Waals surface area contributed by atoms with Crippen LogP contribution in [0, 0.1) is 0 Å². The van der Waals surface area contributed by atoms with Crippen molar-refractivity contribution < 1.29 is 0 Å². The van der Waals surface area contributed by atoms with Gasteiger partial charge in [0.05, 0.1) is 0 Å². The molecule has 0 saturated carbocycles. The summed E-state index contributed by atoms with van der Waals surface area (Å²) in [6.07, 6.45) is 6.56. The van der Waals surface area contributed by atoms with Gasteiger partial charge in [-0.3, -0.25) is 4.98 Å². The minimum atomic E-state index is 0.839. The second-order valence-electron chi connectivity index (χ2n) is 3.67. The van der Waals surface area contributed by atoms with Crippen LogP contribution in [0.3, 0.4) is 0 Å². The summed E-state index contributed by atoms with van der Waals surface area (Å²) in [5.74, 6) is 0.899. The number of hydrogen-bond donors (Lipinski definition) is 2. The Morgan fingerprint density at radius 3 is 2.88 bits per heavy atom. The lowest BCUT2D eigenvalue weighted by atomic mass is 10.2. The molecule has 2 N–H and O–H groups in total. The Balaban J connectivity index is 2.02. The molecule has 0 spiro atoms. The molecule has 4 heteroatoms. The number of pyridine rings is 1. The van der Waals surface area contributed by atoms with E-state index in [4.69, 9.17) is 0 Å². The number of aromatic amines is 1. The minimum Gasteiger partial charge on any atom is -0.341 e. The van der Waals surface area contributed by atoms with E-state index >= 15 is 0 Å². The van der Waals surface area contributed by atoms with Gasteiger partial charge in [0, 0.05) is 36.4 Å². The third-order valence-corrected chi connectivity index (χ3v) is 2.32. The van der Waals surface area contributed by atoms with Crippen molar-refractivity contribution in [1.82, 2.24) is 20.3 Å². The second kappa shape index (κ2) is 5.42. The van der Waals surface area contributed by atoms with Gasteiger partial charge in [-0.15, -0.1) is 0 Å². The number of aromatic nitrogens is 3. The lowest BCUT2D eigenvalue weighted by Crippen LogP contribution is -2.13. The summed E-state index contributed by atoms with van der Waals surface area (Å²) in [6.45, 7) is 4.03. The Kier molecular flexibility index (Phi) is 3.66. The maximum Gasteiger partial charge on any atom is 0.137 e. The van der Waals surface area contributed by atoms with Crippen LogP contribution in [0.4, 0.5) is 0 Å². The van der Waals surface area contributed by atoms with E-state index in [9.17, 15) is 0 Å². The maximum absolute atomic E-state index is 4.34. The van der Waals surface area contributed by atoms with Gasteiger partial charge >= 0.3 is 0 Å². The molecular weight excluding hydrogens is 200 g/mol. The molecule has 0 amide bonds. The topological polar surface area (TPSA) is 53.6 Å². The van der Waals surface area contributed by atoms with Gasteiger partial charge in [0.15, 0.2) is 0 Å². The Morgan fingerprint density at radius 1 is 1.31 bits per heavy atom. The molecule has 0 aromatic carbocycles. The minimum absolute atomic E-state index is 0.839. The molecule has 0 aliphatic carbocycles. The van der Waals surface area contributed by atoms with Crippen LogP contribution in [0.1, 0.15) is 19.0 Å². The molecule has 4 nitrogen and oxygen atoms in total. The first kappa shape index (κ1) is 10.8. The van der Waals surface area contributed by atoms with E-state index in [1.807, 2.05) is 18.3 Å². The van der Waals surface area contributed by atoms with Crippen LogP contribution >= 0.6 is 0 Å². The van der Waals surface area contributed by atoms with Gasteiger partial charge in [-0.1, -0.05) is 6.92 Å². The molecule has 0 saturated heterocycles. The van der Waals surface area contributed by atoms with Crippen LogP contribution in [0.25, 0.3) is 11.4 Å². The Hall–Kier alpha value is -1.68. The zero-order valence-electron chi connectivity index (χ0n) is 9.40. The second-order valence-corrected chi connectivity index (χ2v) is 3.67. The molecule has 2 rings (SSSR count). The highest BCUT2D eigenvalue weighted by molar-refractivity contribution is 5.53. The number of imidazole rings is 1. The van der Waals surface area contributed by atoms with Crippen LogP contribution < -0.4 is 5.32 Å². The molecule has 0 bridgehead atoms. The third kappa shape index (κ3) is 2.67. The molecule has 0 atom stereocenters. The van der Waals surface area contributed by atoms with Crippen LogP contribution in [0.5, 0.6) is 0 Å². The fourth-order valence-corrected chi connectivity index (χ4v) is 1.51. The fourth-order valence-electron chi connectivity index (χ4n) is 1.51. The summed E-state index contributed by atoms with van der Waals surface area (Å²) in [5, 5.41) is 3.33. The van der Waals surface area contributed by atoms with E-state index in [1.165, 1.54) is 0 Å². The summed E-state index contributed by atoms with van der Waals surface area (Å²) >= 11 is 0. The number of H-pyrrole nitrogens is 1. The molecule has 2 heterocycles. The predicted molar refractivity (Wildman–Crippen MR) is 63.8 cm³/mol. The van der Waals surface area contributed by atoms with E-state index in [2.05, 4.69) is 27.2 Å². The van der Waals surface area contributed by atoms with Gasteiger partial charge in [-0.25, -0.2) is 4.98 Å². The normalized spacial score (nSPS) is 10.6. The van der Waals surface area contributed by atoms with Gasteiger partial charge in [0.2, 0.25) is 0 Å². The summed E-state index contributed by atoms with van der Waals surface area (Å²) in [6, 6.07) is 3.89. The van der Waals surface area contributed by atoms with E-state index in [1.54, 1.807) is 12.4 Å². The molecule has 0 aliphatic heterocycles.